The number of ether oxygens (including phenoxy) is 2. The molecule has 0 radical (unpaired) electrons. The molecule has 12 heteroatoms. The number of furan rings is 1. The van der Waals surface area contributed by atoms with Crippen LogP contribution in [0.3, 0.4) is 0 Å². The minimum atomic E-state index is -0.909. The quantitative estimate of drug-likeness (QED) is 0.173. The van der Waals surface area contributed by atoms with Gasteiger partial charge in [0.05, 0.1) is 21.9 Å². The molecule has 0 saturated carbocycles. The van der Waals surface area contributed by atoms with E-state index in [0.29, 0.717) is 5.75 Å². The van der Waals surface area contributed by atoms with Crippen molar-refractivity contribution in [3.05, 3.63) is 89.0 Å². The van der Waals surface area contributed by atoms with Gasteiger partial charge in [0.15, 0.2) is 0 Å². The van der Waals surface area contributed by atoms with E-state index < -0.39 is 35.6 Å². The Bertz CT molecular complexity index is 1640. The molecule has 3 aromatic carbocycles. The number of para-hydroxylation sites is 1. The molecule has 0 atom stereocenters. The van der Waals surface area contributed by atoms with E-state index in [9.17, 15) is 34.2 Å². The lowest BCUT2D eigenvalue weighted by Crippen LogP contribution is -2.01. The summed E-state index contributed by atoms with van der Waals surface area (Å²) in [4.78, 5) is 57.5. The van der Waals surface area contributed by atoms with Crippen molar-refractivity contribution in [2.45, 2.75) is 6.92 Å². The first-order chi connectivity index (χ1) is 18.1. The smallest absolute Gasteiger partial charge is 0.346 e. The fraction of sp³-hybridized carbons (Fsp3) is 0.0385. The molecule has 2 heterocycles. The van der Waals surface area contributed by atoms with E-state index in [2.05, 4.69) is 19.4 Å². The lowest BCUT2D eigenvalue weighted by Gasteiger charge is -1.97. The Morgan fingerprint density at radius 1 is 0.737 bits per heavy atom. The predicted molar refractivity (Wildman–Crippen MR) is 127 cm³/mol. The number of benzene rings is 3. The second-order valence-electron chi connectivity index (χ2n) is 7.63. The van der Waals surface area contributed by atoms with Crippen LogP contribution < -0.4 is 4.74 Å². The molecule has 0 aliphatic carbocycles. The summed E-state index contributed by atoms with van der Waals surface area (Å²) >= 11 is 0. The molecule has 12 nitrogen and oxygen atoms in total. The predicted octanol–water partition coefficient (Wildman–Crippen LogP) is 4.20. The summed E-state index contributed by atoms with van der Waals surface area (Å²) in [6.07, 6.45) is 0. The number of carbonyl (C=O) groups excluding carboxylic acids is 5. The third-order valence-electron chi connectivity index (χ3n) is 5.05. The molecule has 38 heavy (non-hydrogen) atoms. The summed E-state index contributed by atoms with van der Waals surface area (Å²) < 4.78 is 13.8. The standard InChI is InChI=1S/C18H8N2O8.C8H8O2/c21-13(7-1-3-9-11(5-7)17(25)27-15(9)23)19-20-14(22)8-2-4-10-12(6-8)18(26)28-16(10)24;1-7(9)10-8-5-3-2-4-6-8/h1-6,23,25H;2-6H,1H3. The first-order valence-corrected chi connectivity index (χ1v) is 10.7. The molecule has 2 N–H and O–H groups in total. The molecule has 0 bridgehead atoms. The summed E-state index contributed by atoms with van der Waals surface area (Å²) in [7, 11) is 0. The zero-order valence-corrected chi connectivity index (χ0v) is 19.4. The van der Waals surface area contributed by atoms with Gasteiger partial charge in [-0.3, -0.25) is 14.4 Å². The van der Waals surface area contributed by atoms with Crippen molar-refractivity contribution in [1.29, 1.82) is 0 Å². The Kier molecular flexibility index (Phi) is 7.06. The molecule has 5 rings (SSSR count). The number of aromatic hydroxyl groups is 2. The van der Waals surface area contributed by atoms with Gasteiger partial charge in [-0.1, -0.05) is 18.2 Å². The Labute approximate surface area is 212 Å². The summed E-state index contributed by atoms with van der Waals surface area (Å²) in [5.41, 5.74) is -0.109. The number of fused-ring (bicyclic) bond motifs is 2. The Balaban J connectivity index is 0.000000283. The maximum Gasteiger partial charge on any atom is 0.346 e. The van der Waals surface area contributed by atoms with Gasteiger partial charge in [-0.05, 0) is 48.5 Å². The van der Waals surface area contributed by atoms with Gasteiger partial charge >= 0.3 is 17.9 Å². The van der Waals surface area contributed by atoms with Crippen LogP contribution in [0.4, 0.5) is 0 Å². The van der Waals surface area contributed by atoms with Crippen LogP contribution in [0, 0.1) is 0 Å². The minimum Gasteiger partial charge on any atom is -0.480 e. The third kappa shape index (κ3) is 5.44. The van der Waals surface area contributed by atoms with Crippen LogP contribution >= 0.6 is 0 Å². The Hall–Kier alpha value is -5.65. The maximum atomic E-state index is 12.1. The Morgan fingerprint density at radius 3 is 1.97 bits per heavy atom. The summed E-state index contributed by atoms with van der Waals surface area (Å²) in [5, 5.41) is 26.0. The molecular formula is C26H16N2O10. The molecule has 0 saturated heterocycles. The van der Waals surface area contributed by atoms with E-state index in [-0.39, 0.29) is 39.0 Å². The number of carbonyl (C=O) groups is 5. The molecule has 190 valence electrons. The van der Waals surface area contributed by atoms with Gasteiger partial charge < -0.3 is 24.1 Å². The van der Waals surface area contributed by atoms with Gasteiger partial charge in [0, 0.05) is 18.1 Å². The molecule has 4 aromatic rings. The van der Waals surface area contributed by atoms with E-state index in [0.717, 1.165) is 6.07 Å². The highest BCUT2D eigenvalue weighted by atomic mass is 16.6. The zero-order chi connectivity index (χ0) is 27.4. The van der Waals surface area contributed by atoms with Crippen molar-refractivity contribution in [3.8, 4) is 17.6 Å². The summed E-state index contributed by atoms with van der Waals surface area (Å²) in [6, 6.07) is 16.5. The summed E-state index contributed by atoms with van der Waals surface area (Å²) in [5.74, 6) is -4.24. The largest absolute Gasteiger partial charge is 0.480 e. The molecule has 1 aromatic heterocycles. The van der Waals surface area contributed by atoms with E-state index in [1.54, 1.807) is 12.1 Å². The molecule has 0 fully saturated rings. The van der Waals surface area contributed by atoms with Crippen LogP contribution in [0.5, 0.6) is 17.6 Å². The Morgan fingerprint density at radius 2 is 1.32 bits per heavy atom. The van der Waals surface area contributed by atoms with E-state index in [1.807, 2.05) is 18.2 Å². The van der Waals surface area contributed by atoms with Crippen molar-refractivity contribution >= 4 is 40.5 Å². The highest BCUT2D eigenvalue weighted by Gasteiger charge is 2.30. The molecular weight excluding hydrogens is 500 g/mol. The number of rotatable bonds is 3. The minimum absolute atomic E-state index is 0.0109. The first-order valence-electron chi connectivity index (χ1n) is 10.7. The van der Waals surface area contributed by atoms with Crippen LogP contribution in [0.25, 0.3) is 10.8 Å². The molecule has 1 aliphatic rings. The lowest BCUT2D eigenvalue weighted by atomic mass is 10.1. The van der Waals surface area contributed by atoms with Gasteiger partial charge in [0.2, 0.25) is 0 Å². The topological polar surface area (TPSA) is 182 Å². The number of nitrogens with zero attached hydrogens (tertiary/aromatic N) is 2. The monoisotopic (exact) mass is 516 g/mol. The fourth-order valence-electron chi connectivity index (χ4n) is 3.32. The number of esters is 3. The molecule has 0 spiro atoms. The van der Waals surface area contributed by atoms with Crippen molar-refractivity contribution in [2.75, 3.05) is 0 Å². The zero-order valence-electron chi connectivity index (χ0n) is 19.4. The van der Waals surface area contributed by atoms with Crippen molar-refractivity contribution in [1.82, 2.24) is 0 Å². The van der Waals surface area contributed by atoms with Gasteiger partial charge in [-0.25, -0.2) is 9.59 Å². The molecule has 0 unspecified atom stereocenters. The van der Waals surface area contributed by atoms with Gasteiger partial charge in [-0.15, -0.1) is 10.2 Å². The highest BCUT2D eigenvalue weighted by Crippen LogP contribution is 2.36. The highest BCUT2D eigenvalue weighted by molar-refractivity contribution is 6.15. The van der Waals surface area contributed by atoms with Crippen LogP contribution in [-0.4, -0.2) is 39.9 Å². The third-order valence-corrected chi connectivity index (χ3v) is 5.05. The van der Waals surface area contributed by atoms with Gasteiger partial charge in [0.25, 0.3) is 23.7 Å². The maximum absolute atomic E-state index is 12.1. The SMILES string of the molecule is CC(=O)Oc1ccccc1.O=C(N=NC(=O)c1ccc2c(O)oc(O)c2c1)c1ccc2c(c1)C(=O)OC2=O. The van der Waals surface area contributed by atoms with E-state index in [4.69, 9.17) is 4.74 Å². The second kappa shape index (κ2) is 10.5. The van der Waals surface area contributed by atoms with E-state index in [1.165, 1.54) is 37.3 Å². The number of hydrogen-bond acceptors (Lipinski definition) is 10. The van der Waals surface area contributed by atoms with Crippen molar-refractivity contribution in [2.24, 2.45) is 10.2 Å². The average Bonchev–Trinajstić information content (AvgIpc) is 3.35. The van der Waals surface area contributed by atoms with Crippen LogP contribution in [0.15, 0.2) is 81.4 Å². The van der Waals surface area contributed by atoms with Gasteiger partial charge in [-0.2, -0.15) is 0 Å². The van der Waals surface area contributed by atoms with Crippen LogP contribution in [-0.2, 0) is 9.53 Å². The number of cyclic esters (lactones) is 2. The van der Waals surface area contributed by atoms with Crippen LogP contribution in [0.1, 0.15) is 48.4 Å². The average molecular weight is 516 g/mol. The second-order valence-corrected chi connectivity index (χ2v) is 7.63. The van der Waals surface area contributed by atoms with Gasteiger partial charge in [0.1, 0.15) is 5.75 Å². The van der Waals surface area contributed by atoms with Crippen LogP contribution in [0.2, 0.25) is 0 Å². The first kappa shape index (κ1) is 25.4. The fourth-order valence-corrected chi connectivity index (χ4v) is 3.32. The number of amides is 2. The molecule has 1 aliphatic heterocycles. The number of azo groups is 1. The normalized spacial score (nSPS) is 12.0. The molecule has 2 amide bonds. The summed E-state index contributed by atoms with van der Waals surface area (Å²) in [6.45, 7) is 1.38. The van der Waals surface area contributed by atoms with Crippen molar-refractivity contribution in [3.63, 3.8) is 0 Å². The van der Waals surface area contributed by atoms with E-state index >= 15 is 0 Å². The number of hydrogen-bond donors (Lipinski definition) is 2. The lowest BCUT2D eigenvalue weighted by molar-refractivity contribution is -0.131. The van der Waals surface area contributed by atoms with Crippen molar-refractivity contribution < 1.29 is 48.1 Å².